The number of hydrogen-bond donors (Lipinski definition) is 2. The predicted molar refractivity (Wildman–Crippen MR) is 88.3 cm³/mol. The average molecular weight is 307 g/mol. The van der Waals surface area contributed by atoms with E-state index in [2.05, 4.69) is 29.0 Å². The van der Waals surface area contributed by atoms with E-state index in [1.54, 1.807) is 18.2 Å². The highest BCUT2D eigenvalue weighted by Gasteiger charge is 2.40. The minimum atomic E-state index is -0.260. The van der Waals surface area contributed by atoms with Crippen molar-refractivity contribution in [1.82, 2.24) is 14.9 Å². The number of fused-ring (bicyclic) bond motifs is 1. The Hall–Kier alpha value is -2.82. The van der Waals surface area contributed by atoms with Crippen molar-refractivity contribution in [3.8, 4) is 0 Å². The van der Waals surface area contributed by atoms with Gasteiger partial charge in [-0.1, -0.05) is 37.3 Å². The molecule has 1 fully saturated rings. The Morgan fingerprint density at radius 1 is 1.09 bits per heavy atom. The molecule has 23 heavy (non-hydrogen) atoms. The van der Waals surface area contributed by atoms with Gasteiger partial charge in [0.15, 0.2) is 0 Å². The number of benzene rings is 2. The number of hydrogen-bond acceptors (Lipinski definition) is 2. The zero-order valence-corrected chi connectivity index (χ0v) is 12.7. The summed E-state index contributed by atoms with van der Waals surface area (Å²) in [6, 6.07) is 15.5. The molecule has 0 radical (unpaired) electrons. The molecule has 3 aromatic rings. The van der Waals surface area contributed by atoms with E-state index in [9.17, 15) is 9.59 Å². The smallest absolute Gasteiger partial charge is 0.323 e. The molecule has 0 spiro atoms. The van der Waals surface area contributed by atoms with Gasteiger partial charge in [-0.05, 0) is 29.7 Å². The molecular weight excluding hydrogens is 290 g/mol. The molecule has 4 rings (SSSR count). The maximum absolute atomic E-state index is 12.8. The number of imidazole rings is 1. The number of amides is 1. The number of aromatic nitrogens is 2. The van der Waals surface area contributed by atoms with Crippen molar-refractivity contribution >= 4 is 16.9 Å². The van der Waals surface area contributed by atoms with Gasteiger partial charge in [0.1, 0.15) is 0 Å². The summed E-state index contributed by atoms with van der Waals surface area (Å²) in [6.07, 6.45) is 0. The van der Waals surface area contributed by atoms with E-state index in [-0.39, 0.29) is 17.6 Å². The lowest BCUT2D eigenvalue weighted by molar-refractivity contribution is 0.0198. The van der Waals surface area contributed by atoms with Crippen LogP contribution in [0.25, 0.3) is 11.0 Å². The first-order valence-corrected chi connectivity index (χ1v) is 7.71. The van der Waals surface area contributed by atoms with Gasteiger partial charge in [0.05, 0.1) is 17.1 Å². The van der Waals surface area contributed by atoms with Crippen molar-refractivity contribution in [2.75, 3.05) is 6.54 Å². The van der Waals surface area contributed by atoms with Crippen LogP contribution in [0.5, 0.6) is 0 Å². The summed E-state index contributed by atoms with van der Waals surface area (Å²) >= 11 is 0. The Balaban J connectivity index is 1.66. The number of aromatic amines is 2. The second-order valence-electron chi connectivity index (χ2n) is 6.13. The van der Waals surface area contributed by atoms with Gasteiger partial charge in [0.2, 0.25) is 0 Å². The number of nitrogens with one attached hydrogen (secondary N) is 2. The van der Waals surface area contributed by atoms with Crippen LogP contribution >= 0.6 is 0 Å². The van der Waals surface area contributed by atoms with Crippen LogP contribution in [-0.2, 0) is 0 Å². The SMILES string of the molecule is CC1CN(C(=O)c2ccc3[nH]c(=O)[nH]c3c2)C1c1ccccc1. The molecule has 0 saturated carbocycles. The Morgan fingerprint density at radius 2 is 1.83 bits per heavy atom. The number of nitrogens with zero attached hydrogens (tertiary/aromatic N) is 1. The van der Waals surface area contributed by atoms with Crippen molar-refractivity contribution in [3.05, 3.63) is 70.1 Å². The normalized spacial score (nSPS) is 20.5. The topological polar surface area (TPSA) is 69.0 Å². The fourth-order valence-corrected chi connectivity index (χ4v) is 3.39. The van der Waals surface area contributed by atoms with Crippen molar-refractivity contribution in [1.29, 1.82) is 0 Å². The number of likely N-dealkylation sites (tertiary alicyclic amines) is 1. The third kappa shape index (κ3) is 2.25. The van der Waals surface area contributed by atoms with Gasteiger partial charge in [-0.3, -0.25) is 4.79 Å². The highest BCUT2D eigenvalue weighted by molar-refractivity contribution is 5.98. The van der Waals surface area contributed by atoms with Gasteiger partial charge in [0, 0.05) is 12.1 Å². The van der Waals surface area contributed by atoms with E-state index < -0.39 is 0 Å². The minimum absolute atomic E-state index is 0.000835. The molecule has 2 N–H and O–H groups in total. The molecule has 2 heterocycles. The molecule has 1 aliphatic heterocycles. The largest absolute Gasteiger partial charge is 0.331 e. The molecule has 0 aliphatic carbocycles. The average Bonchev–Trinajstić information content (AvgIpc) is 2.92. The number of carbonyl (C=O) groups is 1. The van der Waals surface area contributed by atoms with Gasteiger partial charge in [-0.15, -0.1) is 0 Å². The standard InChI is InChI=1S/C18H17N3O2/c1-11-10-21(16(11)12-5-3-2-4-6-12)17(22)13-7-8-14-15(9-13)20-18(23)19-14/h2-9,11,16H,10H2,1H3,(H2,19,20,23). The number of rotatable bonds is 2. The molecule has 2 unspecified atom stereocenters. The zero-order chi connectivity index (χ0) is 16.0. The van der Waals surface area contributed by atoms with Crippen molar-refractivity contribution < 1.29 is 4.79 Å². The molecule has 2 atom stereocenters. The first-order valence-electron chi connectivity index (χ1n) is 7.71. The molecule has 2 aromatic carbocycles. The molecule has 1 aliphatic rings. The molecule has 116 valence electrons. The van der Waals surface area contributed by atoms with Crippen LogP contribution in [0, 0.1) is 5.92 Å². The molecular formula is C18H17N3O2. The minimum Gasteiger partial charge on any atom is -0.331 e. The summed E-state index contributed by atoms with van der Waals surface area (Å²) in [7, 11) is 0. The third-order valence-electron chi connectivity index (χ3n) is 4.52. The highest BCUT2D eigenvalue weighted by atomic mass is 16.2. The van der Waals surface area contributed by atoms with Gasteiger partial charge in [0.25, 0.3) is 5.91 Å². The summed E-state index contributed by atoms with van der Waals surface area (Å²) in [5, 5.41) is 0. The summed E-state index contributed by atoms with van der Waals surface area (Å²) in [6.45, 7) is 2.91. The molecule has 0 bridgehead atoms. The lowest BCUT2D eigenvalue weighted by Gasteiger charge is -2.47. The Bertz CT molecular complexity index is 926. The summed E-state index contributed by atoms with van der Waals surface area (Å²) < 4.78 is 0. The fraction of sp³-hybridized carbons (Fsp3) is 0.222. The van der Waals surface area contributed by atoms with Gasteiger partial charge in [-0.25, -0.2) is 4.79 Å². The summed E-state index contributed by atoms with van der Waals surface area (Å²) in [5.41, 5.74) is 2.87. The molecule has 5 heteroatoms. The zero-order valence-electron chi connectivity index (χ0n) is 12.7. The van der Waals surface area contributed by atoms with E-state index in [0.717, 1.165) is 12.1 Å². The fourth-order valence-electron chi connectivity index (χ4n) is 3.39. The van der Waals surface area contributed by atoms with Crippen molar-refractivity contribution in [2.45, 2.75) is 13.0 Å². The Kier molecular flexibility index (Phi) is 3.08. The van der Waals surface area contributed by atoms with Crippen LogP contribution in [0.4, 0.5) is 0 Å². The Labute approximate surface area is 133 Å². The van der Waals surface area contributed by atoms with E-state index >= 15 is 0 Å². The first-order chi connectivity index (χ1) is 11.1. The van der Waals surface area contributed by atoms with Crippen LogP contribution < -0.4 is 5.69 Å². The third-order valence-corrected chi connectivity index (χ3v) is 4.52. The second kappa shape index (κ2) is 5.12. The van der Waals surface area contributed by atoms with Crippen molar-refractivity contribution in [3.63, 3.8) is 0 Å². The number of carbonyl (C=O) groups excluding carboxylic acids is 1. The van der Waals surface area contributed by atoms with E-state index in [0.29, 0.717) is 22.5 Å². The van der Waals surface area contributed by atoms with E-state index in [1.165, 1.54) is 0 Å². The van der Waals surface area contributed by atoms with Crippen LogP contribution in [-0.4, -0.2) is 27.3 Å². The second-order valence-corrected chi connectivity index (χ2v) is 6.13. The van der Waals surface area contributed by atoms with Gasteiger partial charge in [-0.2, -0.15) is 0 Å². The number of H-pyrrole nitrogens is 2. The van der Waals surface area contributed by atoms with E-state index in [4.69, 9.17) is 0 Å². The quantitative estimate of drug-likeness (QED) is 0.764. The highest BCUT2D eigenvalue weighted by Crippen LogP contribution is 2.39. The van der Waals surface area contributed by atoms with Crippen LogP contribution in [0.15, 0.2) is 53.3 Å². The molecule has 1 aromatic heterocycles. The van der Waals surface area contributed by atoms with Crippen LogP contribution in [0.1, 0.15) is 28.9 Å². The molecule has 1 saturated heterocycles. The summed E-state index contributed by atoms with van der Waals surface area (Å²) in [5.74, 6) is 0.443. The maximum atomic E-state index is 12.8. The van der Waals surface area contributed by atoms with Crippen molar-refractivity contribution in [2.24, 2.45) is 5.92 Å². The van der Waals surface area contributed by atoms with Crippen LogP contribution in [0.2, 0.25) is 0 Å². The lowest BCUT2D eigenvalue weighted by atomic mass is 9.84. The Morgan fingerprint density at radius 3 is 2.57 bits per heavy atom. The lowest BCUT2D eigenvalue weighted by Crippen LogP contribution is -2.51. The first kappa shape index (κ1) is 13.8. The summed E-state index contributed by atoms with van der Waals surface area (Å²) in [4.78, 5) is 31.5. The van der Waals surface area contributed by atoms with Gasteiger partial charge < -0.3 is 14.9 Å². The molecule has 5 nitrogen and oxygen atoms in total. The van der Waals surface area contributed by atoms with Crippen LogP contribution in [0.3, 0.4) is 0 Å². The van der Waals surface area contributed by atoms with E-state index in [1.807, 2.05) is 23.1 Å². The molecule has 1 amide bonds. The monoisotopic (exact) mass is 307 g/mol. The maximum Gasteiger partial charge on any atom is 0.323 e. The predicted octanol–water partition coefficient (Wildman–Crippen LogP) is 2.69. The van der Waals surface area contributed by atoms with Gasteiger partial charge >= 0.3 is 5.69 Å².